The van der Waals surface area contributed by atoms with Gasteiger partial charge in [0.25, 0.3) is 0 Å². The minimum atomic E-state index is -0.864. The number of aromatic nitrogens is 2. The van der Waals surface area contributed by atoms with Crippen molar-refractivity contribution in [2.75, 3.05) is 13.7 Å². The Balaban J connectivity index is 2.74. The minimum Gasteiger partial charge on any atom is -0.481 e. The molecule has 1 aromatic rings. The number of nitrogens with zero attached hydrogens (tertiary/aromatic N) is 2. The van der Waals surface area contributed by atoms with E-state index in [1.54, 1.807) is 6.20 Å². The van der Waals surface area contributed by atoms with Gasteiger partial charge in [0.2, 0.25) is 5.88 Å². The molecule has 6 heteroatoms. The highest BCUT2D eigenvalue weighted by molar-refractivity contribution is 5.67. The third kappa shape index (κ3) is 4.36. The number of rotatable bonds is 7. The van der Waals surface area contributed by atoms with Crippen LogP contribution in [-0.2, 0) is 17.6 Å². The molecular weight excluding hydrogens is 224 g/mol. The Hall–Kier alpha value is -1.69. The molecule has 1 rings (SSSR count). The van der Waals surface area contributed by atoms with Crippen LogP contribution in [0.25, 0.3) is 0 Å². The van der Waals surface area contributed by atoms with E-state index in [1.165, 1.54) is 7.11 Å². The third-order valence-corrected chi connectivity index (χ3v) is 2.23. The molecule has 1 heterocycles. The standard InChI is InChI=1S/C11H16N2O4/c1-17-11-8(4-5-10(15)16)7-12-9(13-11)3-2-6-14/h7,14H,2-6H2,1H3,(H,15,16). The molecule has 0 spiro atoms. The number of aryl methyl sites for hydroxylation is 2. The normalized spacial score (nSPS) is 10.2. The first-order valence-electron chi connectivity index (χ1n) is 5.38. The van der Waals surface area contributed by atoms with E-state index in [4.69, 9.17) is 14.9 Å². The van der Waals surface area contributed by atoms with Crippen LogP contribution in [-0.4, -0.2) is 39.9 Å². The van der Waals surface area contributed by atoms with Crippen LogP contribution in [0.5, 0.6) is 5.88 Å². The maximum absolute atomic E-state index is 10.5. The number of methoxy groups -OCH3 is 1. The van der Waals surface area contributed by atoms with Crippen molar-refractivity contribution >= 4 is 5.97 Å². The number of aliphatic carboxylic acids is 1. The summed E-state index contributed by atoms with van der Waals surface area (Å²) in [6.07, 6.45) is 3.12. The fourth-order valence-electron chi connectivity index (χ4n) is 1.37. The molecule has 2 N–H and O–H groups in total. The second-order valence-corrected chi connectivity index (χ2v) is 3.54. The first-order chi connectivity index (χ1) is 8.17. The monoisotopic (exact) mass is 240 g/mol. The van der Waals surface area contributed by atoms with Crippen molar-refractivity contribution in [3.05, 3.63) is 17.6 Å². The van der Waals surface area contributed by atoms with E-state index in [0.29, 0.717) is 36.5 Å². The zero-order chi connectivity index (χ0) is 12.7. The van der Waals surface area contributed by atoms with E-state index >= 15 is 0 Å². The Kier molecular flexibility index (Phi) is 5.35. The van der Waals surface area contributed by atoms with Gasteiger partial charge in [-0.3, -0.25) is 4.79 Å². The van der Waals surface area contributed by atoms with E-state index in [0.717, 1.165) is 0 Å². The molecule has 0 aliphatic heterocycles. The van der Waals surface area contributed by atoms with Gasteiger partial charge in [0.1, 0.15) is 5.82 Å². The molecule has 0 amide bonds. The zero-order valence-corrected chi connectivity index (χ0v) is 9.72. The SMILES string of the molecule is COc1nc(CCCO)ncc1CCC(=O)O. The maximum Gasteiger partial charge on any atom is 0.303 e. The van der Waals surface area contributed by atoms with E-state index in [1.807, 2.05) is 0 Å². The van der Waals surface area contributed by atoms with Gasteiger partial charge in [-0.15, -0.1) is 0 Å². The molecular formula is C11H16N2O4. The molecule has 0 aromatic carbocycles. The number of aliphatic hydroxyl groups excluding tert-OH is 1. The first-order valence-corrected chi connectivity index (χ1v) is 5.38. The number of carboxylic acids is 1. The van der Waals surface area contributed by atoms with Gasteiger partial charge in [-0.1, -0.05) is 0 Å². The average molecular weight is 240 g/mol. The van der Waals surface area contributed by atoms with Crippen LogP contribution in [0.3, 0.4) is 0 Å². The van der Waals surface area contributed by atoms with Gasteiger partial charge < -0.3 is 14.9 Å². The fraction of sp³-hybridized carbons (Fsp3) is 0.545. The highest BCUT2D eigenvalue weighted by atomic mass is 16.5. The number of ether oxygens (including phenoxy) is 1. The van der Waals surface area contributed by atoms with Gasteiger partial charge in [0.15, 0.2) is 0 Å². The molecule has 0 aliphatic carbocycles. The van der Waals surface area contributed by atoms with E-state index < -0.39 is 5.97 Å². The van der Waals surface area contributed by atoms with E-state index in [-0.39, 0.29) is 13.0 Å². The second-order valence-electron chi connectivity index (χ2n) is 3.54. The van der Waals surface area contributed by atoms with E-state index in [9.17, 15) is 4.79 Å². The predicted molar refractivity (Wildman–Crippen MR) is 59.9 cm³/mol. The molecule has 0 unspecified atom stereocenters. The minimum absolute atomic E-state index is 0.0235. The van der Waals surface area contributed by atoms with Crippen LogP contribution >= 0.6 is 0 Å². The molecule has 94 valence electrons. The molecule has 0 saturated carbocycles. The summed E-state index contributed by atoms with van der Waals surface area (Å²) in [7, 11) is 1.49. The molecule has 0 radical (unpaired) electrons. The summed E-state index contributed by atoms with van der Waals surface area (Å²) in [5, 5.41) is 17.3. The summed E-state index contributed by atoms with van der Waals surface area (Å²) in [4.78, 5) is 18.7. The van der Waals surface area contributed by atoms with Crippen molar-refractivity contribution in [1.82, 2.24) is 9.97 Å². The van der Waals surface area contributed by atoms with Crippen molar-refractivity contribution < 1.29 is 19.7 Å². The van der Waals surface area contributed by atoms with Crippen molar-refractivity contribution in [3.8, 4) is 5.88 Å². The largest absolute Gasteiger partial charge is 0.481 e. The van der Waals surface area contributed by atoms with Gasteiger partial charge >= 0.3 is 5.97 Å². The van der Waals surface area contributed by atoms with Crippen LogP contribution in [0.2, 0.25) is 0 Å². The number of carbonyl (C=O) groups is 1. The second kappa shape index (κ2) is 6.80. The van der Waals surface area contributed by atoms with Crippen molar-refractivity contribution in [1.29, 1.82) is 0 Å². The highest BCUT2D eigenvalue weighted by Crippen LogP contribution is 2.16. The summed E-state index contributed by atoms with van der Waals surface area (Å²) >= 11 is 0. The molecule has 17 heavy (non-hydrogen) atoms. The zero-order valence-electron chi connectivity index (χ0n) is 9.72. The molecule has 0 saturated heterocycles. The lowest BCUT2D eigenvalue weighted by atomic mass is 10.2. The highest BCUT2D eigenvalue weighted by Gasteiger charge is 2.09. The lowest BCUT2D eigenvalue weighted by Gasteiger charge is -2.07. The third-order valence-electron chi connectivity index (χ3n) is 2.23. The summed E-state index contributed by atoms with van der Waals surface area (Å²) in [5.74, 6) is 0.139. The average Bonchev–Trinajstić information content (AvgIpc) is 2.34. The Bertz CT molecular complexity index is 382. The van der Waals surface area contributed by atoms with Crippen LogP contribution in [0.15, 0.2) is 6.20 Å². The molecule has 0 atom stereocenters. The number of hydrogen-bond acceptors (Lipinski definition) is 5. The van der Waals surface area contributed by atoms with Crippen LogP contribution < -0.4 is 4.74 Å². The fourth-order valence-corrected chi connectivity index (χ4v) is 1.37. The van der Waals surface area contributed by atoms with E-state index in [2.05, 4.69) is 9.97 Å². The smallest absolute Gasteiger partial charge is 0.303 e. The molecule has 0 aliphatic rings. The quantitative estimate of drug-likeness (QED) is 0.717. The van der Waals surface area contributed by atoms with Crippen LogP contribution in [0, 0.1) is 0 Å². The Labute approximate surface area is 99.3 Å². The van der Waals surface area contributed by atoms with Gasteiger partial charge in [-0.2, -0.15) is 4.98 Å². The molecule has 0 bridgehead atoms. The number of carboxylic acid groups (broad SMARTS) is 1. The molecule has 1 aromatic heterocycles. The van der Waals surface area contributed by atoms with Gasteiger partial charge in [-0.25, -0.2) is 4.98 Å². The Morgan fingerprint density at radius 2 is 2.24 bits per heavy atom. The first kappa shape index (κ1) is 13.4. The van der Waals surface area contributed by atoms with Crippen LogP contribution in [0.1, 0.15) is 24.2 Å². The lowest BCUT2D eigenvalue weighted by Crippen LogP contribution is -2.05. The van der Waals surface area contributed by atoms with Gasteiger partial charge in [0.05, 0.1) is 7.11 Å². The van der Waals surface area contributed by atoms with Gasteiger partial charge in [0, 0.05) is 31.2 Å². The summed E-state index contributed by atoms with van der Waals surface area (Å²) in [6, 6.07) is 0. The van der Waals surface area contributed by atoms with Gasteiger partial charge in [-0.05, 0) is 12.8 Å². The molecule has 6 nitrogen and oxygen atoms in total. The maximum atomic E-state index is 10.5. The number of hydrogen-bond donors (Lipinski definition) is 2. The van der Waals surface area contributed by atoms with Crippen molar-refractivity contribution in [2.24, 2.45) is 0 Å². The summed E-state index contributed by atoms with van der Waals surface area (Å²) < 4.78 is 5.09. The number of aliphatic hydroxyl groups is 1. The topological polar surface area (TPSA) is 92.5 Å². The molecule has 0 fully saturated rings. The predicted octanol–water partition coefficient (Wildman–Crippen LogP) is 0.427. The Morgan fingerprint density at radius 1 is 1.47 bits per heavy atom. The van der Waals surface area contributed by atoms with Crippen molar-refractivity contribution in [2.45, 2.75) is 25.7 Å². The van der Waals surface area contributed by atoms with Crippen LogP contribution in [0.4, 0.5) is 0 Å². The summed E-state index contributed by atoms with van der Waals surface area (Å²) in [6.45, 7) is 0.0897. The van der Waals surface area contributed by atoms with Crippen molar-refractivity contribution in [3.63, 3.8) is 0 Å². The lowest BCUT2D eigenvalue weighted by molar-refractivity contribution is -0.136. The summed E-state index contributed by atoms with van der Waals surface area (Å²) in [5.41, 5.74) is 0.683. The Morgan fingerprint density at radius 3 is 2.82 bits per heavy atom.